The largest absolute Gasteiger partial charge is 0.497 e. The van der Waals surface area contributed by atoms with Crippen LogP contribution in [0, 0.1) is 0 Å². The average Bonchev–Trinajstić information content (AvgIpc) is 2.53. The molecule has 4 nitrogen and oxygen atoms in total. The Hall–Kier alpha value is -2.49. The van der Waals surface area contributed by atoms with Crippen molar-refractivity contribution in [3.8, 4) is 5.75 Å². The summed E-state index contributed by atoms with van der Waals surface area (Å²) in [6.07, 6.45) is 0. The van der Waals surface area contributed by atoms with E-state index in [2.05, 4.69) is 5.32 Å². The third-order valence-electron chi connectivity index (χ3n) is 2.97. The normalized spacial score (nSPS) is 11.5. The molecule has 0 unspecified atom stereocenters. The molecule has 4 heteroatoms. The molecule has 2 aromatic carbocycles. The zero-order valence-electron chi connectivity index (χ0n) is 11.5. The number of nitrogens with one attached hydrogen (secondary N) is 1. The van der Waals surface area contributed by atoms with E-state index < -0.39 is 6.04 Å². The molecule has 0 aromatic heterocycles. The zero-order valence-corrected chi connectivity index (χ0v) is 11.5. The third-order valence-corrected chi connectivity index (χ3v) is 2.97. The maximum absolute atomic E-state index is 11.9. The van der Waals surface area contributed by atoms with E-state index in [0.717, 1.165) is 17.0 Å². The predicted molar refractivity (Wildman–Crippen MR) is 77.8 cm³/mol. The summed E-state index contributed by atoms with van der Waals surface area (Å²) in [5.41, 5.74) is 1.68. The van der Waals surface area contributed by atoms with E-state index in [-0.39, 0.29) is 5.97 Å². The van der Waals surface area contributed by atoms with Crippen LogP contribution in [0.25, 0.3) is 0 Å². The first kappa shape index (κ1) is 13.9. The summed E-state index contributed by atoms with van der Waals surface area (Å²) < 4.78 is 9.97. The highest BCUT2D eigenvalue weighted by atomic mass is 16.5. The van der Waals surface area contributed by atoms with Gasteiger partial charge >= 0.3 is 5.97 Å². The summed E-state index contributed by atoms with van der Waals surface area (Å²) in [5.74, 6) is 0.442. The Kier molecular flexibility index (Phi) is 4.60. The Balaban J connectivity index is 2.21. The molecule has 0 radical (unpaired) electrons. The van der Waals surface area contributed by atoms with Crippen molar-refractivity contribution in [1.29, 1.82) is 0 Å². The molecule has 20 heavy (non-hydrogen) atoms. The van der Waals surface area contributed by atoms with Crippen LogP contribution in [-0.4, -0.2) is 20.2 Å². The Morgan fingerprint density at radius 1 is 1.00 bits per heavy atom. The quantitative estimate of drug-likeness (QED) is 0.849. The van der Waals surface area contributed by atoms with Crippen LogP contribution in [0.3, 0.4) is 0 Å². The average molecular weight is 271 g/mol. The molecule has 104 valence electrons. The van der Waals surface area contributed by atoms with E-state index in [0.29, 0.717) is 0 Å². The van der Waals surface area contributed by atoms with Crippen molar-refractivity contribution in [2.45, 2.75) is 6.04 Å². The SMILES string of the molecule is COC(=O)[C@@H](Nc1ccc(OC)cc1)c1ccccc1. The monoisotopic (exact) mass is 271 g/mol. The number of hydrogen-bond donors (Lipinski definition) is 1. The molecule has 0 aliphatic carbocycles. The number of hydrogen-bond acceptors (Lipinski definition) is 4. The topological polar surface area (TPSA) is 47.6 Å². The number of carbonyl (C=O) groups is 1. The van der Waals surface area contributed by atoms with Gasteiger partial charge in [-0.05, 0) is 29.8 Å². The van der Waals surface area contributed by atoms with Crippen LogP contribution in [0.1, 0.15) is 11.6 Å². The van der Waals surface area contributed by atoms with Crippen LogP contribution in [0.4, 0.5) is 5.69 Å². The molecule has 0 fully saturated rings. The first-order valence-electron chi connectivity index (χ1n) is 6.28. The van der Waals surface area contributed by atoms with Gasteiger partial charge in [0, 0.05) is 5.69 Å². The molecule has 0 aliphatic rings. The van der Waals surface area contributed by atoms with Gasteiger partial charge in [0.25, 0.3) is 0 Å². The van der Waals surface area contributed by atoms with E-state index in [1.807, 2.05) is 54.6 Å². The molecule has 0 bridgehead atoms. The molecule has 0 heterocycles. The Labute approximate surface area is 118 Å². The third kappa shape index (κ3) is 3.29. The molecular formula is C16H17NO3. The summed E-state index contributed by atoms with van der Waals surface area (Å²) >= 11 is 0. The summed E-state index contributed by atoms with van der Waals surface area (Å²) in [7, 11) is 3.00. The molecule has 1 N–H and O–H groups in total. The number of carbonyl (C=O) groups excluding carboxylic acids is 1. The van der Waals surface area contributed by atoms with E-state index in [9.17, 15) is 4.79 Å². The Morgan fingerprint density at radius 3 is 2.20 bits per heavy atom. The van der Waals surface area contributed by atoms with Crippen molar-refractivity contribution in [1.82, 2.24) is 0 Å². The maximum Gasteiger partial charge on any atom is 0.332 e. The van der Waals surface area contributed by atoms with Crippen molar-refractivity contribution in [2.75, 3.05) is 19.5 Å². The van der Waals surface area contributed by atoms with Gasteiger partial charge in [-0.2, -0.15) is 0 Å². The smallest absolute Gasteiger partial charge is 0.332 e. The lowest BCUT2D eigenvalue weighted by molar-refractivity contribution is -0.141. The second-order valence-corrected chi connectivity index (χ2v) is 4.24. The highest BCUT2D eigenvalue weighted by Gasteiger charge is 2.20. The number of esters is 1. The van der Waals surface area contributed by atoms with Gasteiger partial charge in [-0.3, -0.25) is 0 Å². The maximum atomic E-state index is 11.9. The van der Waals surface area contributed by atoms with Crippen molar-refractivity contribution in [2.24, 2.45) is 0 Å². The highest BCUT2D eigenvalue weighted by Crippen LogP contribution is 2.22. The van der Waals surface area contributed by atoms with Gasteiger partial charge in [-0.1, -0.05) is 30.3 Å². The van der Waals surface area contributed by atoms with Crippen LogP contribution in [0.5, 0.6) is 5.75 Å². The van der Waals surface area contributed by atoms with E-state index in [1.165, 1.54) is 7.11 Å². The number of benzene rings is 2. The minimum Gasteiger partial charge on any atom is -0.497 e. The molecular weight excluding hydrogens is 254 g/mol. The van der Waals surface area contributed by atoms with Gasteiger partial charge in [0.1, 0.15) is 5.75 Å². The fraction of sp³-hybridized carbons (Fsp3) is 0.188. The number of ether oxygens (including phenoxy) is 2. The summed E-state index contributed by atoms with van der Waals surface area (Å²) in [6, 6.07) is 16.3. The predicted octanol–water partition coefficient (Wildman–Crippen LogP) is 3.02. The second-order valence-electron chi connectivity index (χ2n) is 4.24. The number of rotatable bonds is 5. The fourth-order valence-corrected chi connectivity index (χ4v) is 1.90. The molecule has 0 spiro atoms. The number of anilines is 1. The van der Waals surface area contributed by atoms with Gasteiger partial charge in [-0.15, -0.1) is 0 Å². The zero-order chi connectivity index (χ0) is 14.4. The first-order chi connectivity index (χ1) is 9.74. The van der Waals surface area contributed by atoms with Crippen LogP contribution >= 0.6 is 0 Å². The highest BCUT2D eigenvalue weighted by molar-refractivity contribution is 5.81. The Bertz CT molecular complexity index is 552. The second kappa shape index (κ2) is 6.61. The standard InChI is InChI=1S/C16H17NO3/c1-19-14-10-8-13(9-11-14)17-15(16(18)20-2)12-6-4-3-5-7-12/h3-11,15,17H,1-2H3/t15-/m0/s1. The van der Waals surface area contributed by atoms with Gasteiger partial charge < -0.3 is 14.8 Å². The summed E-state index contributed by atoms with van der Waals surface area (Å²) in [5, 5.41) is 3.17. The lowest BCUT2D eigenvalue weighted by atomic mass is 10.1. The molecule has 0 saturated carbocycles. The first-order valence-corrected chi connectivity index (χ1v) is 6.28. The summed E-state index contributed by atoms with van der Waals surface area (Å²) in [6.45, 7) is 0. The van der Waals surface area contributed by atoms with E-state index >= 15 is 0 Å². The van der Waals surface area contributed by atoms with E-state index in [1.54, 1.807) is 7.11 Å². The molecule has 2 rings (SSSR count). The summed E-state index contributed by atoms with van der Waals surface area (Å²) in [4.78, 5) is 11.9. The van der Waals surface area contributed by atoms with Gasteiger partial charge in [0.2, 0.25) is 0 Å². The van der Waals surface area contributed by atoms with Crippen LogP contribution in [0.15, 0.2) is 54.6 Å². The molecule has 2 aromatic rings. The fourth-order valence-electron chi connectivity index (χ4n) is 1.90. The minimum absolute atomic E-state index is 0.327. The molecule has 1 atom stereocenters. The van der Waals surface area contributed by atoms with E-state index in [4.69, 9.17) is 9.47 Å². The van der Waals surface area contributed by atoms with Crippen LogP contribution in [0.2, 0.25) is 0 Å². The van der Waals surface area contributed by atoms with Crippen molar-refractivity contribution in [3.05, 3.63) is 60.2 Å². The lowest BCUT2D eigenvalue weighted by Crippen LogP contribution is -2.22. The Morgan fingerprint density at radius 2 is 1.65 bits per heavy atom. The van der Waals surface area contributed by atoms with Gasteiger partial charge in [0.05, 0.1) is 14.2 Å². The molecule has 0 aliphatic heterocycles. The van der Waals surface area contributed by atoms with Crippen molar-refractivity contribution >= 4 is 11.7 Å². The minimum atomic E-state index is -0.533. The van der Waals surface area contributed by atoms with Crippen LogP contribution < -0.4 is 10.1 Å². The van der Waals surface area contributed by atoms with Gasteiger partial charge in [0.15, 0.2) is 6.04 Å². The van der Waals surface area contributed by atoms with Crippen LogP contribution in [-0.2, 0) is 9.53 Å². The molecule has 0 amide bonds. The van der Waals surface area contributed by atoms with Crippen molar-refractivity contribution < 1.29 is 14.3 Å². The van der Waals surface area contributed by atoms with Gasteiger partial charge in [-0.25, -0.2) is 4.79 Å². The lowest BCUT2D eigenvalue weighted by Gasteiger charge is -2.18. The number of methoxy groups -OCH3 is 2. The van der Waals surface area contributed by atoms with Crippen molar-refractivity contribution in [3.63, 3.8) is 0 Å². The molecule has 0 saturated heterocycles.